The van der Waals surface area contributed by atoms with Crippen LogP contribution in [-0.4, -0.2) is 11.9 Å². The van der Waals surface area contributed by atoms with E-state index in [9.17, 15) is 0 Å². The van der Waals surface area contributed by atoms with Crippen molar-refractivity contribution in [1.82, 2.24) is 0 Å². The molecule has 12 heavy (non-hydrogen) atoms. The topological polar surface area (TPSA) is 36.2 Å². The van der Waals surface area contributed by atoms with Crippen LogP contribution in [0.2, 0.25) is 0 Å². The molecule has 0 saturated carbocycles. The van der Waals surface area contributed by atoms with Gasteiger partial charge < -0.3 is 5.41 Å². The summed E-state index contributed by atoms with van der Waals surface area (Å²) in [7, 11) is 0. The van der Waals surface area contributed by atoms with Crippen LogP contribution in [0.1, 0.15) is 41.5 Å². The number of allylic oxidation sites excluding steroid dienone is 1. The van der Waals surface area contributed by atoms with Crippen molar-refractivity contribution < 1.29 is 0 Å². The maximum atomic E-state index is 6.90. The SMILES string of the molecule is C=C(C)N=CC(C)=N.CC.CC. The Kier molecular flexibility index (Phi) is 23.8. The molecule has 0 amide bonds. The van der Waals surface area contributed by atoms with Gasteiger partial charge in [0.1, 0.15) is 0 Å². The summed E-state index contributed by atoms with van der Waals surface area (Å²) in [4.78, 5) is 3.78. The van der Waals surface area contributed by atoms with Crippen molar-refractivity contribution in [2.45, 2.75) is 41.5 Å². The number of hydrogen-bond acceptors (Lipinski definition) is 2. The number of nitrogens with zero attached hydrogens (tertiary/aromatic N) is 1. The van der Waals surface area contributed by atoms with Crippen molar-refractivity contribution in [3.05, 3.63) is 12.3 Å². The molecule has 2 heteroatoms. The highest BCUT2D eigenvalue weighted by atomic mass is 14.7. The van der Waals surface area contributed by atoms with Crippen LogP contribution in [0, 0.1) is 5.41 Å². The Morgan fingerprint density at radius 1 is 1.17 bits per heavy atom. The number of aliphatic imine (C=N–C) groups is 1. The Labute approximate surface area is 76.9 Å². The molecule has 0 spiro atoms. The largest absolute Gasteiger partial charge is 0.304 e. The van der Waals surface area contributed by atoms with E-state index < -0.39 is 0 Å². The maximum absolute atomic E-state index is 6.90. The van der Waals surface area contributed by atoms with E-state index in [4.69, 9.17) is 5.41 Å². The van der Waals surface area contributed by atoms with E-state index >= 15 is 0 Å². The minimum absolute atomic E-state index is 0.452. The van der Waals surface area contributed by atoms with E-state index in [0.29, 0.717) is 5.71 Å². The van der Waals surface area contributed by atoms with Crippen LogP contribution in [0.15, 0.2) is 17.3 Å². The molecular formula is C10H22N2. The van der Waals surface area contributed by atoms with Crippen molar-refractivity contribution in [2.75, 3.05) is 0 Å². The second-order valence-electron chi connectivity index (χ2n) is 1.68. The smallest absolute Gasteiger partial charge is 0.0476 e. The first-order chi connectivity index (χ1) is 5.63. The zero-order valence-corrected chi connectivity index (χ0v) is 9.23. The summed E-state index contributed by atoms with van der Waals surface area (Å²) in [5.74, 6) is 0. The second kappa shape index (κ2) is 16.6. The molecule has 0 saturated heterocycles. The van der Waals surface area contributed by atoms with Crippen molar-refractivity contribution in [3.8, 4) is 0 Å². The van der Waals surface area contributed by atoms with Gasteiger partial charge in [0.2, 0.25) is 0 Å². The third-order valence-corrected chi connectivity index (χ3v) is 0.479. The van der Waals surface area contributed by atoms with E-state index in [0.717, 1.165) is 5.70 Å². The number of hydrogen-bond donors (Lipinski definition) is 1. The summed E-state index contributed by atoms with van der Waals surface area (Å²) in [5, 5.41) is 6.90. The van der Waals surface area contributed by atoms with E-state index in [1.54, 1.807) is 13.8 Å². The minimum atomic E-state index is 0.452. The van der Waals surface area contributed by atoms with Crippen LogP contribution >= 0.6 is 0 Å². The van der Waals surface area contributed by atoms with Crippen LogP contribution in [0.5, 0.6) is 0 Å². The van der Waals surface area contributed by atoms with E-state index in [-0.39, 0.29) is 0 Å². The third-order valence-electron chi connectivity index (χ3n) is 0.479. The first kappa shape index (κ1) is 17.2. The molecule has 0 heterocycles. The first-order valence-electron chi connectivity index (χ1n) is 4.37. The lowest BCUT2D eigenvalue weighted by molar-refractivity contribution is 1.34. The summed E-state index contributed by atoms with van der Waals surface area (Å²) in [6.45, 7) is 15.0. The Morgan fingerprint density at radius 3 is 1.58 bits per heavy atom. The Hall–Kier alpha value is -0.920. The van der Waals surface area contributed by atoms with Crippen molar-refractivity contribution in [2.24, 2.45) is 4.99 Å². The molecule has 0 aliphatic heterocycles. The average Bonchev–Trinajstić information content (AvgIpc) is 2.08. The molecule has 0 fully saturated rings. The quantitative estimate of drug-likeness (QED) is 0.614. The normalized spacial score (nSPS) is 7.50. The fourth-order valence-electron chi connectivity index (χ4n) is 0.207. The third kappa shape index (κ3) is 35.6. The molecule has 0 aromatic heterocycles. The maximum Gasteiger partial charge on any atom is 0.0476 e. The molecule has 0 aliphatic carbocycles. The second-order valence-corrected chi connectivity index (χ2v) is 1.68. The first-order valence-corrected chi connectivity index (χ1v) is 4.37. The molecule has 0 bridgehead atoms. The lowest BCUT2D eigenvalue weighted by Crippen LogP contribution is -1.87. The van der Waals surface area contributed by atoms with Gasteiger partial charge in [0.15, 0.2) is 0 Å². The number of nitrogens with one attached hydrogen (secondary N) is 1. The van der Waals surface area contributed by atoms with E-state index in [2.05, 4.69) is 11.6 Å². The molecule has 0 radical (unpaired) electrons. The summed E-state index contributed by atoms with van der Waals surface area (Å²) in [5.41, 5.74) is 1.18. The van der Waals surface area contributed by atoms with Gasteiger partial charge >= 0.3 is 0 Å². The zero-order valence-electron chi connectivity index (χ0n) is 9.23. The van der Waals surface area contributed by atoms with Gasteiger partial charge in [0.25, 0.3) is 0 Å². The standard InChI is InChI=1S/C6H10N2.2C2H6/c1-5(2)8-4-6(3)7;2*1-2/h4,7H,1H2,2-3H3;2*1-2H3. The monoisotopic (exact) mass is 170 g/mol. The molecule has 0 rings (SSSR count). The van der Waals surface area contributed by atoms with Crippen LogP contribution in [0.4, 0.5) is 0 Å². The molecule has 1 N–H and O–H groups in total. The number of rotatable bonds is 2. The van der Waals surface area contributed by atoms with E-state index in [1.165, 1.54) is 6.21 Å². The van der Waals surface area contributed by atoms with Crippen molar-refractivity contribution in [1.29, 1.82) is 5.41 Å². The minimum Gasteiger partial charge on any atom is -0.304 e. The summed E-state index contributed by atoms with van der Waals surface area (Å²) < 4.78 is 0. The molecule has 2 nitrogen and oxygen atoms in total. The summed E-state index contributed by atoms with van der Waals surface area (Å²) in [6, 6.07) is 0. The fourth-order valence-corrected chi connectivity index (χ4v) is 0.207. The molecule has 0 aromatic carbocycles. The zero-order chi connectivity index (χ0) is 10.6. The predicted molar refractivity (Wildman–Crippen MR) is 59.4 cm³/mol. The van der Waals surface area contributed by atoms with Crippen molar-refractivity contribution >= 4 is 11.9 Å². The molecule has 72 valence electrons. The van der Waals surface area contributed by atoms with Gasteiger partial charge in [0, 0.05) is 17.6 Å². The molecular weight excluding hydrogens is 148 g/mol. The molecule has 0 aliphatic rings. The van der Waals surface area contributed by atoms with Crippen molar-refractivity contribution in [3.63, 3.8) is 0 Å². The highest BCUT2D eigenvalue weighted by Crippen LogP contribution is 1.84. The van der Waals surface area contributed by atoms with Gasteiger partial charge in [-0.1, -0.05) is 34.3 Å². The van der Waals surface area contributed by atoms with Gasteiger partial charge in [-0.05, 0) is 13.8 Å². The Balaban J connectivity index is -0.000000175. The van der Waals surface area contributed by atoms with Gasteiger partial charge in [-0.15, -0.1) is 0 Å². The molecule has 0 aromatic rings. The summed E-state index contributed by atoms with van der Waals surface area (Å²) >= 11 is 0. The highest BCUT2D eigenvalue weighted by Gasteiger charge is 1.75. The van der Waals surface area contributed by atoms with Crippen LogP contribution < -0.4 is 0 Å². The summed E-state index contributed by atoms with van der Waals surface area (Å²) in [6.07, 6.45) is 1.47. The average molecular weight is 170 g/mol. The van der Waals surface area contributed by atoms with E-state index in [1.807, 2.05) is 27.7 Å². The highest BCUT2D eigenvalue weighted by molar-refractivity contribution is 6.28. The molecule has 0 atom stereocenters. The lowest BCUT2D eigenvalue weighted by atomic mass is 10.5. The Bertz CT molecular complexity index is 119. The molecule has 0 unspecified atom stereocenters. The van der Waals surface area contributed by atoms with Gasteiger partial charge in [0.05, 0.1) is 0 Å². The van der Waals surface area contributed by atoms with Crippen LogP contribution in [0.25, 0.3) is 0 Å². The Morgan fingerprint density at radius 2 is 1.50 bits per heavy atom. The van der Waals surface area contributed by atoms with Crippen LogP contribution in [-0.2, 0) is 0 Å². The van der Waals surface area contributed by atoms with Crippen LogP contribution in [0.3, 0.4) is 0 Å². The van der Waals surface area contributed by atoms with Gasteiger partial charge in [-0.25, -0.2) is 0 Å². The lowest BCUT2D eigenvalue weighted by Gasteiger charge is -1.82. The predicted octanol–water partition coefficient (Wildman–Crippen LogP) is 3.68. The van der Waals surface area contributed by atoms with Gasteiger partial charge in [-0.3, -0.25) is 4.99 Å². The van der Waals surface area contributed by atoms with Gasteiger partial charge in [-0.2, -0.15) is 0 Å². The fraction of sp³-hybridized carbons (Fsp3) is 0.600.